The molecule has 0 N–H and O–H groups in total. The fraction of sp³-hybridized carbons (Fsp3) is 0.357. The van der Waals surface area contributed by atoms with Gasteiger partial charge in [-0.25, -0.2) is 0 Å². The fourth-order valence-electron chi connectivity index (χ4n) is 4.19. The van der Waals surface area contributed by atoms with Crippen molar-refractivity contribution in [1.29, 1.82) is 0 Å². The highest BCUT2D eigenvalue weighted by molar-refractivity contribution is 5.15. The zero-order valence-electron chi connectivity index (χ0n) is 19.7. The Kier molecular flexibility index (Phi) is 9.71. The third kappa shape index (κ3) is 7.65. The van der Waals surface area contributed by atoms with Gasteiger partial charge in [0.1, 0.15) is 12.2 Å². The van der Waals surface area contributed by atoms with Crippen LogP contribution in [0.15, 0.2) is 96.1 Å². The molecule has 0 saturated carbocycles. The first-order valence-corrected chi connectivity index (χ1v) is 11.9. The van der Waals surface area contributed by atoms with Crippen molar-refractivity contribution in [2.75, 3.05) is 19.8 Å². The second-order valence-corrected chi connectivity index (χ2v) is 8.57. The van der Waals surface area contributed by atoms with Gasteiger partial charge in [0.05, 0.1) is 39.1 Å². The quantitative estimate of drug-likeness (QED) is 0.192. The third-order valence-electron chi connectivity index (χ3n) is 6.02. The maximum absolute atomic E-state index is 8.91. The number of benzene rings is 3. The molecule has 4 unspecified atom stereocenters. The van der Waals surface area contributed by atoms with Crippen LogP contribution in [-0.2, 0) is 38.8 Å². The first-order chi connectivity index (χ1) is 17.3. The van der Waals surface area contributed by atoms with Crippen molar-refractivity contribution in [2.45, 2.75) is 38.1 Å². The van der Waals surface area contributed by atoms with Crippen LogP contribution in [0.3, 0.4) is 0 Å². The van der Waals surface area contributed by atoms with Gasteiger partial charge in [0.15, 0.2) is 0 Å². The molecule has 1 fully saturated rings. The average molecular weight is 474 g/mol. The Morgan fingerprint density at radius 2 is 1.26 bits per heavy atom. The molecule has 7 heteroatoms. The summed E-state index contributed by atoms with van der Waals surface area (Å²) in [6.45, 7) is 2.39. The van der Waals surface area contributed by atoms with Crippen LogP contribution < -0.4 is 0 Å². The van der Waals surface area contributed by atoms with Gasteiger partial charge in [-0.2, -0.15) is 0 Å². The summed E-state index contributed by atoms with van der Waals surface area (Å²) in [6.07, 6.45) is -1.02. The molecule has 3 aromatic rings. The molecule has 0 radical (unpaired) electrons. The molecule has 0 spiro atoms. The fourth-order valence-corrected chi connectivity index (χ4v) is 4.19. The van der Waals surface area contributed by atoms with Crippen molar-refractivity contribution in [3.63, 3.8) is 0 Å². The largest absolute Gasteiger partial charge is 0.374 e. The van der Waals surface area contributed by atoms with E-state index in [9.17, 15) is 0 Å². The number of nitrogens with zero attached hydrogens (tertiary/aromatic N) is 3. The van der Waals surface area contributed by atoms with Gasteiger partial charge in [-0.05, 0) is 22.2 Å². The molecule has 1 aliphatic rings. The van der Waals surface area contributed by atoms with E-state index in [4.69, 9.17) is 24.5 Å². The summed E-state index contributed by atoms with van der Waals surface area (Å²) in [4.78, 5) is 2.95. The molecule has 0 aromatic heterocycles. The average Bonchev–Trinajstić information content (AvgIpc) is 2.92. The highest BCUT2D eigenvalue weighted by Crippen LogP contribution is 2.28. The summed E-state index contributed by atoms with van der Waals surface area (Å²) >= 11 is 0. The van der Waals surface area contributed by atoms with Gasteiger partial charge in [-0.1, -0.05) is 96.1 Å². The summed E-state index contributed by atoms with van der Waals surface area (Å²) in [5.41, 5.74) is 12.1. The van der Waals surface area contributed by atoms with Gasteiger partial charge in [0.25, 0.3) is 0 Å². The van der Waals surface area contributed by atoms with Gasteiger partial charge >= 0.3 is 0 Å². The number of rotatable bonds is 12. The molecule has 4 rings (SSSR count). The smallest absolute Gasteiger partial charge is 0.113 e. The van der Waals surface area contributed by atoms with Crippen molar-refractivity contribution in [1.82, 2.24) is 0 Å². The summed E-state index contributed by atoms with van der Waals surface area (Å²) < 4.78 is 25.1. The van der Waals surface area contributed by atoms with Crippen LogP contribution in [-0.4, -0.2) is 38.1 Å². The maximum atomic E-state index is 8.91. The predicted octanol–water partition coefficient (Wildman–Crippen LogP) is 5.70. The second kappa shape index (κ2) is 13.6. The van der Waals surface area contributed by atoms with Crippen LogP contribution in [0.4, 0.5) is 0 Å². The molecule has 4 atom stereocenters. The van der Waals surface area contributed by atoms with Crippen molar-refractivity contribution >= 4 is 0 Å². The molecule has 182 valence electrons. The maximum Gasteiger partial charge on any atom is 0.113 e. The first-order valence-electron chi connectivity index (χ1n) is 11.9. The van der Waals surface area contributed by atoms with Gasteiger partial charge in [0, 0.05) is 17.4 Å². The lowest BCUT2D eigenvalue weighted by molar-refractivity contribution is -0.218. The molecule has 35 heavy (non-hydrogen) atoms. The lowest BCUT2D eigenvalue weighted by Gasteiger charge is -2.42. The van der Waals surface area contributed by atoms with Crippen molar-refractivity contribution in [3.8, 4) is 0 Å². The molecule has 0 amide bonds. The van der Waals surface area contributed by atoms with Gasteiger partial charge < -0.3 is 18.9 Å². The minimum absolute atomic E-state index is 0.124. The Balaban J connectivity index is 1.49. The van der Waals surface area contributed by atoms with Crippen LogP contribution >= 0.6 is 0 Å². The van der Waals surface area contributed by atoms with Gasteiger partial charge in [-0.15, -0.1) is 0 Å². The van der Waals surface area contributed by atoms with Crippen LogP contribution in [0, 0.1) is 5.92 Å². The zero-order chi connectivity index (χ0) is 24.1. The second-order valence-electron chi connectivity index (χ2n) is 8.57. The summed E-state index contributed by atoms with van der Waals surface area (Å²) in [6, 6.07) is 30.1. The van der Waals surface area contributed by atoms with E-state index in [1.165, 1.54) is 0 Å². The molecular formula is C28H31N3O4. The lowest BCUT2D eigenvalue weighted by Crippen LogP contribution is -2.54. The summed E-state index contributed by atoms with van der Waals surface area (Å²) in [5.74, 6) is -0.124. The van der Waals surface area contributed by atoms with E-state index in [1.54, 1.807) is 0 Å². The molecular weight excluding hydrogens is 442 g/mol. The van der Waals surface area contributed by atoms with E-state index in [-0.39, 0.29) is 30.8 Å². The van der Waals surface area contributed by atoms with Crippen molar-refractivity contribution in [2.24, 2.45) is 11.0 Å². The normalized spacial score (nSPS) is 21.8. The number of hydrogen-bond acceptors (Lipinski definition) is 5. The van der Waals surface area contributed by atoms with E-state index in [1.807, 2.05) is 91.0 Å². The van der Waals surface area contributed by atoms with E-state index in [0.717, 1.165) is 16.7 Å². The molecule has 1 heterocycles. The molecule has 1 aliphatic heterocycles. The highest BCUT2D eigenvalue weighted by Gasteiger charge is 2.42. The van der Waals surface area contributed by atoms with Crippen molar-refractivity contribution in [3.05, 3.63) is 118 Å². The number of ether oxygens (including phenoxy) is 4. The monoisotopic (exact) mass is 473 g/mol. The van der Waals surface area contributed by atoms with Crippen LogP contribution in [0.5, 0.6) is 0 Å². The molecule has 0 bridgehead atoms. The molecule has 3 aromatic carbocycles. The number of hydrogen-bond donors (Lipinski definition) is 0. The van der Waals surface area contributed by atoms with Crippen molar-refractivity contribution < 1.29 is 18.9 Å². The Morgan fingerprint density at radius 1 is 0.743 bits per heavy atom. The van der Waals surface area contributed by atoms with Crippen LogP contribution in [0.25, 0.3) is 10.4 Å². The SMILES string of the molecule is [N-]=[N+]=NCC1COC(COCc2ccccc2)C(OCc2ccccc2)C1OCc1ccccc1. The van der Waals surface area contributed by atoms with E-state index >= 15 is 0 Å². The number of azide groups is 1. The third-order valence-corrected chi connectivity index (χ3v) is 6.02. The van der Waals surface area contributed by atoms with Crippen LogP contribution in [0.2, 0.25) is 0 Å². The Hall–Kier alpha value is -3.19. The van der Waals surface area contributed by atoms with E-state index < -0.39 is 0 Å². The van der Waals surface area contributed by atoms with Gasteiger partial charge in [-0.3, -0.25) is 0 Å². The van der Waals surface area contributed by atoms with E-state index in [2.05, 4.69) is 10.0 Å². The molecule has 0 aliphatic carbocycles. The lowest BCUT2D eigenvalue weighted by atomic mass is 9.91. The van der Waals surface area contributed by atoms with Crippen LogP contribution in [0.1, 0.15) is 16.7 Å². The zero-order valence-corrected chi connectivity index (χ0v) is 19.7. The summed E-state index contributed by atoms with van der Waals surface area (Å²) in [5, 5.41) is 3.81. The van der Waals surface area contributed by atoms with Gasteiger partial charge in [0.2, 0.25) is 0 Å². The molecule has 1 saturated heterocycles. The Labute approximate surface area is 206 Å². The van der Waals surface area contributed by atoms with E-state index in [0.29, 0.717) is 33.0 Å². The predicted molar refractivity (Wildman–Crippen MR) is 133 cm³/mol. The summed E-state index contributed by atoms with van der Waals surface area (Å²) in [7, 11) is 0. The minimum Gasteiger partial charge on any atom is -0.374 e. The Bertz CT molecular complexity index is 1050. The highest BCUT2D eigenvalue weighted by atomic mass is 16.6. The molecule has 7 nitrogen and oxygen atoms in total. The first kappa shape index (κ1) is 24.9. The minimum atomic E-state index is -0.387. The topological polar surface area (TPSA) is 85.7 Å². The Morgan fingerprint density at radius 3 is 1.80 bits per heavy atom. The standard InChI is InChI=1S/C28H31N3O4/c29-31-30-16-25-20-33-26(21-32-17-22-10-4-1-5-11-22)28(35-19-24-14-8-3-9-15-24)27(25)34-18-23-12-6-2-7-13-23/h1-15,25-28H,16-21H2.